The first-order chi connectivity index (χ1) is 16.6. The van der Waals surface area contributed by atoms with Crippen LogP contribution in [0.15, 0.2) is 57.5 Å². The third-order valence-corrected chi connectivity index (χ3v) is 7.01. The first-order valence-corrected chi connectivity index (χ1v) is 12.8. The van der Waals surface area contributed by atoms with E-state index in [1.165, 1.54) is 12.8 Å². The fourth-order valence-electron chi connectivity index (χ4n) is 4.73. The van der Waals surface area contributed by atoms with Crippen molar-refractivity contribution in [2.75, 3.05) is 18.4 Å². The summed E-state index contributed by atoms with van der Waals surface area (Å²) in [6.07, 6.45) is 6.92. The average Bonchev–Trinajstić information content (AvgIpc) is 3.53. The first kappa shape index (κ1) is 23.1. The summed E-state index contributed by atoms with van der Waals surface area (Å²) in [7, 11) is 0. The second kappa shape index (κ2) is 10.7. The number of aromatic nitrogens is 2. The molecule has 0 radical (unpaired) electrons. The molecule has 1 amide bonds. The second-order valence-electron chi connectivity index (χ2n) is 9.13. The van der Waals surface area contributed by atoms with Gasteiger partial charge in [0.25, 0.3) is 0 Å². The molecule has 1 aliphatic carbocycles. The number of piperidine rings is 1. The van der Waals surface area contributed by atoms with Crippen LogP contribution < -0.4 is 10.1 Å². The molecule has 7 nitrogen and oxygen atoms in total. The normalized spacial score (nSPS) is 19.3. The Kier molecular flexibility index (Phi) is 7.25. The Labute approximate surface area is 208 Å². The van der Waals surface area contributed by atoms with Gasteiger partial charge in [-0.05, 0) is 81.5 Å². The molecule has 1 saturated heterocycles. The molecule has 0 spiro atoms. The SMILES string of the molecule is O=C(Nc1ccc(OC2CCCC2)cc1)C1CCCN(Cc2nc(-c3cccc(Br)c3)no2)C1. The van der Waals surface area contributed by atoms with Crippen LogP contribution in [0.3, 0.4) is 0 Å². The zero-order chi connectivity index (χ0) is 23.3. The third-order valence-electron chi connectivity index (χ3n) is 6.51. The van der Waals surface area contributed by atoms with Crippen molar-refractivity contribution < 1.29 is 14.1 Å². The van der Waals surface area contributed by atoms with Gasteiger partial charge in [-0.15, -0.1) is 0 Å². The predicted octanol–water partition coefficient (Wildman–Crippen LogP) is 5.67. The van der Waals surface area contributed by atoms with E-state index in [9.17, 15) is 4.79 Å². The number of nitrogens with zero attached hydrogens (tertiary/aromatic N) is 3. The highest BCUT2D eigenvalue weighted by Gasteiger charge is 2.27. The molecule has 1 saturated carbocycles. The molecule has 1 aliphatic heterocycles. The summed E-state index contributed by atoms with van der Waals surface area (Å²) in [6.45, 7) is 2.12. The molecule has 0 bridgehead atoms. The zero-order valence-electron chi connectivity index (χ0n) is 19.1. The Balaban J connectivity index is 1.14. The third kappa shape index (κ3) is 5.85. The van der Waals surface area contributed by atoms with Crippen LogP contribution in [0.1, 0.15) is 44.4 Å². The van der Waals surface area contributed by atoms with E-state index in [2.05, 4.69) is 36.3 Å². The number of likely N-dealkylation sites (tertiary alicyclic amines) is 1. The quantitative estimate of drug-likeness (QED) is 0.428. The van der Waals surface area contributed by atoms with E-state index >= 15 is 0 Å². The second-order valence-corrected chi connectivity index (χ2v) is 10.0. The van der Waals surface area contributed by atoms with Gasteiger partial charge in [-0.3, -0.25) is 9.69 Å². The molecule has 2 aromatic carbocycles. The summed E-state index contributed by atoms with van der Waals surface area (Å²) in [4.78, 5) is 19.7. The number of anilines is 1. The molecule has 1 N–H and O–H groups in total. The summed E-state index contributed by atoms with van der Waals surface area (Å²) in [5.74, 6) is 1.98. The van der Waals surface area contributed by atoms with E-state index in [-0.39, 0.29) is 11.8 Å². The van der Waals surface area contributed by atoms with Gasteiger partial charge in [0, 0.05) is 22.3 Å². The highest BCUT2D eigenvalue weighted by atomic mass is 79.9. The smallest absolute Gasteiger partial charge is 0.241 e. The van der Waals surface area contributed by atoms with E-state index < -0.39 is 0 Å². The number of rotatable bonds is 7. The maximum Gasteiger partial charge on any atom is 0.241 e. The maximum atomic E-state index is 12.9. The van der Waals surface area contributed by atoms with Crippen LogP contribution in [0.2, 0.25) is 0 Å². The minimum absolute atomic E-state index is 0.0505. The molecule has 5 rings (SSSR count). The molecular formula is C26H29BrN4O3. The van der Waals surface area contributed by atoms with Gasteiger partial charge in [-0.1, -0.05) is 33.2 Å². The van der Waals surface area contributed by atoms with Gasteiger partial charge >= 0.3 is 0 Å². The van der Waals surface area contributed by atoms with E-state index in [0.29, 0.717) is 30.9 Å². The van der Waals surface area contributed by atoms with Crippen LogP contribution in [0.4, 0.5) is 5.69 Å². The van der Waals surface area contributed by atoms with Crippen molar-refractivity contribution in [3.63, 3.8) is 0 Å². The lowest BCUT2D eigenvalue weighted by molar-refractivity contribution is -0.121. The van der Waals surface area contributed by atoms with Gasteiger partial charge in [-0.2, -0.15) is 4.98 Å². The molecular weight excluding hydrogens is 496 g/mol. The summed E-state index contributed by atoms with van der Waals surface area (Å²) in [5.41, 5.74) is 1.70. The lowest BCUT2D eigenvalue weighted by Crippen LogP contribution is -2.40. The zero-order valence-corrected chi connectivity index (χ0v) is 20.7. The number of carbonyl (C=O) groups is 1. The topological polar surface area (TPSA) is 80.5 Å². The fourth-order valence-corrected chi connectivity index (χ4v) is 5.13. The van der Waals surface area contributed by atoms with Crippen LogP contribution in [0, 0.1) is 5.92 Å². The predicted molar refractivity (Wildman–Crippen MR) is 133 cm³/mol. The minimum Gasteiger partial charge on any atom is -0.490 e. The van der Waals surface area contributed by atoms with E-state index in [0.717, 1.165) is 53.7 Å². The summed E-state index contributed by atoms with van der Waals surface area (Å²) in [5, 5.41) is 7.19. The number of carbonyl (C=O) groups excluding carboxylic acids is 1. The number of hydrogen-bond acceptors (Lipinski definition) is 6. The van der Waals surface area contributed by atoms with Gasteiger partial charge in [-0.25, -0.2) is 0 Å². The van der Waals surface area contributed by atoms with Crippen LogP contribution in [0.25, 0.3) is 11.4 Å². The van der Waals surface area contributed by atoms with Crippen LogP contribution >= 0.6 is 15.9 Å². The highest BCUT2D eigenvalue weighted by molar-refractivity contribution is 9.10. The van der Waals surface area contributed by atoms with Gasteiger partial charge < -0.3 is 14.6 Å². The standard InChI is InChI=1S/C26H29BrN4O3/c27-20-7-3-5-18(15-20)25-29-24(34-30-25)17-31-14-4-6-19(16-31)26(32)28-21-10-12-23(13-11-21)33-22-8-1-2-9-22/h3,5,7,10-13,15,19,22H,1-2,4,6,8-9,14,16-17H2,(H,28,32). The fraction of sp³-hybridized carbons (Fsp3) is 0.423. The highest BCUT2D eigenvalue weighted by Crippen LogP contribution is 2.26. The molecule has 8 heteroatoms. The van der Waals surface area contributed by atoms with Gasteiger partial charge in [0.05, 0.1) is 18.6 Å². The molecule has 3 aromatic rings. The number of halogens is 1. The first-order valence-electron chi connectivity index (χ1n) is 12.0. The van der Waals surface area contributed by atoms with Crippen molar-refractivity contribution in [2.24, 2.45) is 5.92 Å². The summed E-state index contributed by atoms with van der Waals surface area (Å²) >= 11 is 3.47. The van der Waals surface area contributed by atoms with Crippen LogP contribution in [0.5, 0.6) is 5.75 Å². The van der Waals surface area contributed by atoms with Crippen LogP contribution in [-0.2, 0) is 11.3 Å². The number of nitrogens with one attached hydrogen (secondary N) is 1. The van der Waals surface area contributed by atoms with Crippen molar-refractivity contribution in [3.8, 4) is 17.1 Å². The Morgan fingerprint density at radius 1 is 1.12 bits per heavy atom. The van der Waals surface area contributed by atoms with Crippen molar-refractivity contribution >= 4 is 27.5 Å². The summed E-state index contributed by atoms with van der Waals surface area (Å²) in [6, 6.07) is 15.5. The molecule has 2 heterocycles. The monoisotopic (exact) mass is 524 g/mol. The van der Waals surface area contributed by atoms with Crippen molar-refractivity contribution in [3.05, 3.63) is 58.9 Å². The van der Waals surface area contributed by atoms with E-state index in [1.54, 1.807) is 0 Å². The lowest BCUT2D eigenvalue weighted by atomic mass is 9.97. The largest absolute Gasteiger partial charge is 0.490 e. The average molecular weight is 525 g/mol. The molecule has 34 heavy (non-hydrogen) atoms. The molecule has 2 aliphatic rings. The Hall–Kier alpha value is -2.71. The maximum absolute atomic E-state index is 12.9. The molecule has 1 atom stereocenters. The van der Waals surface area contributed by atoms with Crippen LogP contribution in [-0.4, -0.2) is 40.1 Å². The lowest BCUT2D eigenvalue weighted by Gasteiger charge is -2.30. The molecule has 2 fully saturated rings. The number of amides is 1. The van der Waals surface area contributed by atoms with E-state index in [4.69, 9.17) is 9.26 Å². The molecule has 1 unspecified atom stereocenters. The van der Waals surface area contributed by atoms with Crippen molar-refractivity contribution in [2.45, 2.75) is 51.2 Å². The summed E-state index contributed by atoms with van der Waals surface area (Å²) < 4.78 is 12.5. The van der Waals surface area contributed by atoms with Gasteiger partial charge in [0.15, 0.2) is 0 Å². The van der Waals surface area contributed by atoms with Gasteiger partial charge in [0.1, 0.15) is 5.75 Å². The Morgan fingerprint density at radius 3 is 2.74 bits per heavy atom. The minimum atomic E-state index is -0.0735. The number of benzene rings is 2. The van der Waals surface area contributed by atoms with Gasteiger partial charge in [0.2, 0.25) is 17.6 Å². The number of hydrogen-bond donors (Lipinski definition) is 1. The van der Waals surface area contributed by atoms with Crippen molar-refractivity contribution in [1.29, 1.82) is 0 Å². The number of ether oxygens (including phenoxy) is 1. The van der Waals surface area contributed by atoms with E-state index in [1.807, 2.05) is 48.5 Å². The Morgan fingerprint density at radius 2 is 1.94 bits per heavy atom. The molecule has 1 aromatic heterocycles. The Bertz CT molecular complexity index is 1110. The molecule has 178 valence electrons. The van der Waals surface area contributed by atoms with Crippen molar-refractivity contribution in [1.82, 2.24) is 15.0 Å².